The monoisotopic (exact) mass is 219 g/mol. The maximum Gasteiger partial charge on any atom is 0.147 e. The molecule has 1 aromatic rings. The Bertz CT molecular complexity index is 338. The van der Waals surface area contributed by atoms with Crippen LogP contribution in [0.2, 0.25) is 0 Å². The fourth-order valence-corrected chi connectivity index (χ4v) is 1.67. The lowest BCUT2D eigenvalue weighted by atomic mass is 9.99. The molecule has 0 heterocycles. The number of ketones is 1. The molecule has 1 atom stereocenters. The highest BCUT2D eigenvalue weighted by molar-refractivity contribution is 5.81. The number of hydrogen-bond donors (Lipinski definition) is 1. The molecule has 0 fully saturated rings. The van der Waals surface area contributed by atoms with Gasteiger partial charge in [0.15, 0.2) is 0 Å². The van der Waals surface area contributed by atoms with Crippen LogP contribution in [-0.4, -0.2) is 17.4 Å². The van der Waals surface area contributed by atoms with Gasteiger partial charge in [-0.05, 0) is 39.7 Å². The molecule has 1 N–H and O–H groups in total. The molecule has 0 radical (unpaired) electrons. The lowest BCUT2D eigenvalue weighted by Crippen LogP contribution is -2.48. The van der Waals surface area contributed by atoms with Gasteiger partial charge in [0.25, 0.3) is 0 Å². The standard InChI is InChI=1S/C14H21NO/c1-11(16)13(15-14(2,3)4)10-12-8-6-5-7-9-12/h5-9,13,15H,10H2,1-4H3. The van der Waals surface area contributed by atoms with E-state index in [2.05, 4.69) is 38.2 Å². The molecule has 0 aliphatic heterocycles. The first-order valence-electron chi connectivity index (χ1n) is 5.70. The third-order valence-electron chi connectivity index (χ3n) is 2.38. The van der Waals surface area contributed by atoms with E-state index in [1.807, 2.05) is 18.2 Å². The van der Waals surface area contributed by atoms with E-state index in [1.165, 1.54) is 5.56 Å². The zero-order chi connectivity index (χ0) is 12.2. The average Bonchev–Trinajstić information content (AvgIpc) is 2.16. The summed E-state index contributed by atoms with van der Waals surface area (Å²) in [5, 5.41) is 3.35. The summed E-state index contributed by atoms with van der Waals surface area (Å²) < 4.78 is 0. The molecule has 1 rings (SSSR count). The highest BCUT2D eigenvalue weighted by Gasteiger charge is 2.20. The summed E-state index contributed by atoms with van der Waals surface area (Å²) in [6, 6.07) is 10.0. The Hall–Kier alpha value is -1.15. The summed E-state index contributed by atoms with van der Waals surface area (Å²) in [4.78, 5) is 11.6. The fourth-order valence-electron chi connectivity index (χ4n) is 1.67. The SMILES string of the molecule is CC(=O)C(Cc1ccccc1)NC(C)(C)C. The second kappa shape index (κ2) is 5.26. The van der Waals surface area contributed by atoms with Crippen LogP contribution in [0.3, 0.4) is 0 Å². The van der Waals surface area contributed by atoms with Gasteiger partial charge in [0.05, 0.1) is 6.04 Å². The summed E-state index contributed by atoms with van der Waals surface area (Å²) in [7, 11) is 0. The van der Waals surface area contributed by atoms with Crippen LogP contribution in [0.4, 0.5) is 0 Å². The van der Waals surface area contributed by atoms with E-state index in [-0.39, 0.29) is 17.4 Å². The molecule has 88 valence electrons. The second-order valence-corrected chi connectivity index (χ2v) is 5.25. The minimum absolute atomic E-state index is 0.0366. The molecule has 0 aromatic heterocycles. The number of hydrogen-bond acceptors (Lipinski definition) is 2. The lowest BCUT2D eigenvalue weighted by molar-refractivity contribution is -0.119. The van der Waals surface area contributed by atoms with E-state index >= 15 is 0 Å². The highest BCUT2D eigenvalue weighted by atomic mass is 16.1. The largest absolute Gasteiger partial charge is 0.302 e. The van der Waals surface area contributed by atoms with Crippen LogP contribution in [-0.2, 0) is 11.2 Å². The smallest absolute Gasteiger partial charge is 0.147 e. The Morgan fingerprint density at radius 3 is 2.25 bits per heavy atom. The van der Waals surface area contributed by atoms with Crippen LogP contribution < -0.4 is 5.32 Å². The molecule has 0 aliphatic carbocycles. The first-order valence-corrected chi connectivity index (χ1v) is 5.70. The van der Waals surface area contributed by atoms with E-state index in [0.717, 1.165) is 6.42 Å². The minimum Gasteiger partial charge on any atom is -0.302 e. The Morgan fingerprint density at radius 2 is 1.81 bits per heavy atom. The molecule has 0 spiro atoms. The topological polar surface area (TPSA) is 29.1 Å². The van der Waals surface area contributed by atoms with Crippen molar-refractivity contribution in [3.05, 3.63) is 35.9 Å². The van der Waals surface area contributed by atoms with Crippen molar-refractivity contribution in [3.8, 4) is 0 Å². The van der Waals surface area contributed by atoms with Crippen LogP contribution in [0.1, 0.15) is 33.3 Å². The van der Waals surface area contributed by atoms with Gasteiger partial charge in [-0.1, -0.05) is 30.3 Å². The van der Waals surface area contributed by atoms with Gasteiger partial charge in [-0.25, -0.2) is 0 Å². The third kappa shape index (κ3) is 4.58. The number of rotatable bonds is 4. The predicted molar refractivity (Wildman–Crippen MR) is 67.5 cm³/mol. The summed E-state index contributed by atoms with van der Waals surface area (Å²) in [6.45, 7) is 7.88. The van der Waals surface area contributed by atoms with Crippen molar-refractivity contribution >= 4 is 5.78 Å². The summed E-state index contributed by atoms with van der Waals surface area (Å²) >= 11 is 0. The van der Waals surface area contributed by atoms with E-state index in [1.54, 1.807) is 6.92 Å². The first-order chi connectivity index (χ1) is 7.38. The molecule has 2 nitrogen and oxygen atoms in total. The van der Waals surface area contributed by atoms with Gasteiger partial charge in [0.1, 0.15) is 5.78 Å². The number of carbonyl (C=O) groups excluding carboxylic acids is 1. The quantitative estimate of drug-likeness (QED) is 0.843. The summed E-state index contributed by atoms with van der Waals surface area (Å²) in [6.07, 6.45) is 0.757. The van der Waals surface area contributed by atoms with Crippen LogP contribution in [0.25, 0.3) is 0 Å². The molecule has 0 amide bonds. The van der Waals surface area contributed by atoms with Crippen molar-refractivity contribution in [3.63, 3.8) is 0 Å². The van der Waals surface area contributed by atoms with Gasteiger partial charge in [-0.15, -0.1) is 0 Å². The Labute approximate surface area is 98.1 Å². The average molecular weight is 219 g/mol. The predicted octanol–water partition coefficient (Wildman–Crippen LogP) is 2.57. The van der Waals surface area contributed by atoms with Crippen LogP contribution in [0, 0.1) is 0 Å². The van der Waals surface area contributed by atoms with Gasteiger partial charge in [0, 0.05) is 5.54 Å². The summed E-state index contributed by atoms with van der Waals surface area (Å²) in [5.74, 6) is 0.193. The molecule has 0 saturated carbocycles. The van der Waals surface area contributed by atoms with Gasteiger partial charge < -0.3 is 5.32 Å². The van der Waals surface area contributed by atoms with Gasteiger partial charge in [0.2, 0.25) is 0 Å². The van der Waals surface area contributed by atoms with E-state index < -0.39 is 0 Å². The summed E-state index contributed by atoms with van der Waals surface area (Å²) in [5.41, 5.74) is 1.16. The van der Waals surface area contributed by atoms with Crippen LogP contribution in [0.5, 0.6) is 0 Å². The minimum atomic E-state index is -0.0950. The van der Waals surface area contributed by atoms with Crippen molar-refractivity contribution < 1.29 is 4.79 Å². The van der Waals surface area contributed by atoms with E-state index in [4.69, 9.17) is 0 Å². The number of carbonyl (C=O) groups is 1. The van der Waals surface area contributed by atoms with Crippen molar-refractivity contribution in [1.82, 2.24) is 5.32 Å². The van der Waals surface area contributed by atoms with Gasteiger partial charge in [-0.2, -0.15) is 0 Å². The van der Waals surface area contributed by atoms with Gasteiger partial charge >= 0.3 is 0 Å². The van der Waals surface area contributed by atoms with Crippen molar-refractivity contribution in [1.29, 1.82) is 0 Å². The number of benzene rings is 1. The Kier molecular flexibility index (Phi) is 4.25. The van der Waals surface area contributed by atoms with Gasteiger partial charge in [-0.3, -0.25) is 4.79 Å². The van der Waals surface area contributed by atoms with Crippen LogP contribution in [0.15, 0.2) is 30.3 Å². The van der Waals surface area contributed by atoms with E-state index in [0.29, 0.717) is 0 Å². The molecule has 1 aromatic carbocycles. The van der Waals surface area contributed by atoms with Crippen LogP contribution >= 0.6 is 0 Å². The number of Topliss-reactive ketones (excluding diaryl/α,β-unsaturated/α-hetero) is 1. The van der Waals surface area contributed by atoms with Crippen molar-refractivity contribution in [2.24, 2.45) is 0 Å². The molecule has 1 unspecified atom stereocenters. The third-order valence-corrected chi connectivity index (χ3v) is 2.38. The number of nitrogens with one attached hydrogen (secondary N) is 1. The maximum atomic E-state index is 11.6. The van der Waals surface area contributed by atoms with E-state index in [9.17, 15) is 4.79 Å². The molecule has 0 bridgehead atoms. The van der Waals surface area contributed by atoms with Crippen molar-refractivity contribution in [2.75, 3.05) is 0 Å². The fraction of sp³-hybridized carbons (Fsp3) is 0.500. The molecule has 0 aliphatic rings. The first kappa shape index (κ1) is 12.9. The Balaban J connectivity index is 2.70. The maximum absolute atomic E-state index is 11.6. The second-order valence-electron chi connectivity index (χ2n) is 5.25. The molecule has 2 heteroatoms. The molecular weight excluding hydrogens is 198 g/mol. The Morgan fingerprint density at radius 1 is 1.25 bits per heavy atom. The lowest BCUT2D eigenvalue weighted by Gasteiger charge is -2.27. The van der Waals surface area contributed by atoms with Crippen molar-refractivity contribution in [2.45, 2.75) is 45.7 Å². The molecule has 16 heavy (non-hydrogen) atoms. The highest BCUT2D eigenvalue weighted by Crippen LogP contribution is 2.08. The zero-order valence-electron chi connectivity index (χ0n) is 10.6. The molecular formula is C14H21NO. The zero-order valence-corrected chi connectivity index (χ0v) is 10.6. The normalized spacial score (nSPS) is 13.5. The molecule has 0 saturated heterocycles.